The van der Waals surface area contributed by atoms with Gasteiger partial charge in [0.15, 0.2) is 0 Å². The maximum Gasteiger partial charge on any atom is 0.255 e. The predicted molar refractivity (Wildman–Crippen MR) is 103 cm³/mol. The quantitative estimate of drug-likeness (QED) is 0.786. The monoisotopic (exact) mass is 417 g/mol. The van der Waals surface area contributed by atoms with Gasteiger partial charge in [0.1, 0.15) is 9.96 Å². The van der Waals surface area contributed by atoms with Gasteiger partial charge in [-0.25, -0.2) is 13.6 Å². The van der Waals surface area contributed by atoms with E-state index in [9.17, 15) is 13.2 Å². The van der Waals surface area contributed by atoms with Crippen LogP contribution in [-0.2, 0) is 10.0 Å². The second kappa shape index (κ2) is 8.36. The molecule has 2 aromatic rings. The van der Waals surface area contributed by atoms with Gasteiger partial charge in [0.2, 0.25) is 10.0 Å². The lowest BCUT2D eigenvalue weighted by Crippen LogP contribution is -2.48. The van der Waals surface area contributed by atoms with Crippen molar-refractivity contribution in [3.8, 4) is 5.75 Å². The van der Waals surface area contributed by atoms with Gasteiger partial charge in [-0.3, -0.25) is 4.79 Å². The molecular weight excluding hydrogens is 398 g/mol. The third kappa shape index (κ3) is 4.18. The Morgan fingerprint density at radius 2 is 2.12 bits per heavy atom. The van der Waals surface area contributed by atoms with Gasteiger partial charge in [-0.05, 0) is 12.1 Å². The molecule has 26 heavy (non-hydrogen) atoms. The number of carbonyl (C=O) groups is 1. The Hall–Kier alpha value is -1.65. The number of carbonyl (C=O) groups excluding carboxylic acids is 1. The zero-order chi connectivity index (χ0) is 18.0. The number of nitrogens with two attached hydrogens (primary N) is 1. The van der Waals surface area contributed by atoms with Crippen molar-refractivity contribution in [1.29, 1.82) is 0 Å². The number of piperazine rings is 1. The SMILES string of the molecule is COc1ccccc1C1CNCCN1C(=O)c1csc(S(N)(=O)=O)c1.Cl. The van der Waals surface area contributed by atoms with Gasteiger partial charge in [0.05, 0.1) is 18.7 Å². The molecule has 3 N–H and O–H groups in total. The molecular formula is C16H20ClN3O4S2. The van der Waals surface area contributed by atoms with Crippen LogP contribution in [0.15, 0.2) is 39.9 Å². The summed E-state index contributed by atoms with van der Waals surface area (Å²) in [5.74, 6) is 0.494. The normalized spacial score (nSPS) is 17.5. The molecule has 1 aromatic heterocycles. The lowest BCUT2D eigenvalue weighted by atomic mass is 10.0. The number of thiophene rings is 1. The largest absolute Gasteiger partial charge is 0.496 e. The van der Waals surface area contributed by atoms with Crippen LogP contribution in [0.25, 0.3) is 0 Å². The Kier molecular flexibility index (Phi) is 6.64. The van der Waals surface area contributed by atoms with Crippen molar-refractivity contribution in [3.63, 3.8) is 0 Å². The van der Waals surface area contributed by atoms with Gasteiger partial charge >= 0.3 is 0 Å². The Morgan fingerprint density at radius 1 is 1.38 bits per heavy atom. The Labute approximate surface area is 162 Å². The first-order valence-electron chi connectivity index (χ1n) is 7.67. The number of halogens is 1. The molecule has 1 saturated heterocycles. The number of methoxy groups -OCH3 is 1. The van der Waals surface area contributed by atoms with Crippen molar-refractivity contribution in [2.24, 2.45) is 5.14 Å². The number of hydrogen-bond donors (Lipinski definition) is 2. The van der Waals surface area contributed by atoms with Crippen LogP contribution in [0.4, 0.5) is 0 Å². The van der Waals surface area contributed by atoms with Crippen LogP contribution in [0.5, 0.6) is 5.75 Å². The van der Waals surface area contributed by atoms with Crippen LogP contribution in [0, 0.1) is 0 Å². The summed E-state index contributed by atoms with van der Waals surface area (Å²) in [5, 5.41) is 9.95. The first kappa shape index (κ1) is 20.7. The number of para-hydroxylation sites is 1. The fourth-order valence-corrected chi connectivity index (χ4v) is 4.49. The zero-order valence-electron chi connectivity index (χ0n) is 14.0. The van der Waals surface area contributed by atoms with Gasteiger partial charge in [-0.1, -0.05) is 18.2 Å². The summed E-state index contributed by atoms with van der Waals surface area (Å²) in [6.07, 6.45) is 0. The number of amides is 1. The van der Waals surface area contributed by atoms with Crippen LogP contribution >= 0.6 is 23.7 Å². The number of hydrogen-bond acceptors (Lipinski definition) is 6. The van der Waals surface area contributed by atoms with Crippen LogP contribution in [0.1, 0.15) is 22.0 Å². The summed E-state index contributed by atoms with van der Waals surface area (Å²) in [6, 6.07) is 8.70. The number of nitrogens with one attached hydrogen (secondary N) is 1. The van der Waals surface area contributed by atoms with E-state index >= 15 is 0 Å². The Balaban J connectivity index is 0.00000243. The Bertz CT molecular complexity index is 885. The summed E-state index contributed by atoms with van der Waals surface area (Å²) in [7, 11) is -2.21. The number of benzene rings is 1. The number of rotatable bonds is 4. The van der Waals surface area contributed by atoms with E-state index in [-0.39, 0.29) is 28.6 Å². The molecule has 1 aliphatic heterocycles. The Morgan fingerprint density at radius 3 is 2.77 bits per heavy atom. The highest BCUT2D eigenvalue weighted by Crippen LogP contribution is 2.32. The molecule has 142 valence electrons. The molecule has 1 amide bonds. The van der Waals surface area contributed by atoms with Gasteiger partial charge in [-0.2, -0.15) is 0 Å². The minimum atomic E-state index is -3.81. The fourth-order valence-electron chi connectivity index (χ4n) is 2.91. The molecule has 3 rings (SSSR count). The lowest BCUT2D eigenvalue weighted by Gasteiger charge is -2.37. The van der Waals surface area contributed by atoms with E-state index in [2.05, 4.69) is 5.32 Å². The van der Waals surface area contributed by atoms with Gasteiger partial charge in [0, 0.05) is 30.6 Å². The molecule has 1 aromatic carbocycles. The molecule has 1 unspecified atom stereocenters. The minimum Gasteiger partial charge on any atom is -0.496 e. The highest BCUT2D eigenvalue weighted by molar-refractivity contribution is 7.91. The molecule has 1 fully saturated rings. The summed E-state index contributed by atoms with van der Waals surface area (Å²) in [6.45, 7) is 1.78. The van der Waals surface area contributed by atoms with E-state index in [4.69, 9.17) is 9.88 Å². The number of ether oxygens (including phenoxy) is 1. The first-order chi connectivity index (χ1) is 11.9. The van der Waals surface area contributed by atoms with Gasteiger partial charge in [0.25, 0.3) is 5.91 Å². The summed E-state index contributed by atoms with van der Waals surface area (Å²) >= 11 is 0.953. The van der Waals surface area contributed by atoms with E-state index in [0.717, 1.165) is 16.9 Å². The lowest BCUT2D eigenvalue weighted by molar-refractivity contribution is 0.0632. The average molecular weight is 418 g/mol. The van der Waals surface area contributed by atoms with Crippen molar-refractivity contribution < 1.29 is 17.9 Å². The van der Waals surface area contributed by atoms with E-state index in [1.165, 1.54) is 11.4 Å². The van der Waals surface area contributed by atoms with Crippen molar-refractivity contribution >= 4 is 39.7 Å². The third-order valence-corrected chi connectivity index (χ3v) is 6.49. The number of primary sulfonamides is 1. The molecule has 1 aliphatic rings. The first-order valence-corrected chi connectivity index (χ1v) is 10.1. The maximum absolute atomic E-state index is 13.0. The van der Waals surface area contributed by atoms with Gasteiger partial charge in [-0.15, -0.1) is 23.7 Å². The van der Waals surface area contributed by atoms with Crippen LogP contribution < -0.4 is 15.2 Å². The standard InChI is InChI=1S/C16H19N3O4S2.ClH/c1-23-14-5-3-2-4-12(14)13-9-18-6-7-19(13)16(20)11-8-15(24-10-11)25(17,21)22;/h2-5,8,10,13,18H,6-7,9H2,1H3,(H2,17,21,22);1H. The number of nitrogens with zero attached hydrogens (tertiary/aromatic N) is 1. The summed E-state index contributed by atoms with van der Waals surface area (Å²) in [4.78, 5) is 14.7. The molecule has 0 saturated carbocycles. The van der Waals surface area contributed by atoms with E-state index < -0.39 is 10.0 Å². The maximum atomic E-state index is 13.0. The topological polar surface area (TPSA) is 102 Å². The molecule has 1 atom stereocenters. The third-order valence-electron chi connectivity index (χ3n) is 4.10. The van der Waals surface area contributed by atoms with Crippen molar-refractivity contribution in [2.45, 2.75) is 10.3 Å². The highest BCUT2D eigenvalue weighted by Gasteiger charge is 2.31. The van der Waals surface area contributed by atoms with Crippen molar-refractivity contribution in [3.05, 3.63) is 46.8 Å². The minimum absolute atomic E-state index is 0. The molecule has 0 spiro atoms. The van der Waals surface area contributed by atoms with E-state index in [0.29, 0.717) is 30.9 Å². The smallest absolute Gasteiger partial charge is 0.255 e. The average Bonchev–Trinajstić information content (AvgIpc) is 3.11. The second-order valence-electron chi connectivity index (χ2n) is 5.66. The summed E-state index contributed by atoms with van der Waals surface area (Å²) in [5.41, 5.74) is 1.24. The molecule has 0 aliphatic carbocycles. The van der Waals surface area contributed by atoms with Crippen molar-refractivity contribution in [1.82, 2.24) is 10.2 Å². The van der Waals surface area contributed by atoms with Crippen LogP contribution in [0.3, 0.4) is 0 Å². The van der Waals surface area contributed by atoms with E-state index in [1.807, 2.05) is 24.3 Å². The molecule has 0 radical (unpaired) electrons. The molecule has 0 bridgehead atoms. The number of sulfonamides is 1. The molecule has 10 heteroatoms. The van der Waals surface area contributed by atoms with Gasteiger partial charge < -0.3 is 15.0 Å². The molecule has 7 nitrogen and oxygen atoms in total. The molecule has 2 heterocycles. The van der Waals surface area contributed by atoms with E-state index in [1.54, 1.807) is 12.0 Å². The van der Waals surface area contributed by atoms with Crippen LogP contribution in [-0.4, -0.2) is 46.0 Å². The second-order valence-corrected chi connectivity index (χ2v) is 8.36. The highest BCUT2D eigenvalue weighted by atomic mass is 35.5. The summed E-state index contributed by atoms with van der Waals surface area (Å²) < 4.78 is 28.3. The predicted octanol–water partition coefficient (Wildman–Crippen LogP) is 1.61. The van der Waals surface area contributed by atoms with Crippen LogP contribution in [0.2, 0.25) is 0 Å². The van der Waals surface area contributed by atoms with Crippen molar-refractivity contribution in [2.75, 3.05) is 26.7 Å². The fraction of sp³-hybridized carbons (Fsp3) is 0.312. The zero-order valence-corrected chi connectivity index (χ0v) is 16.5.